The zero-order valence-corrected chi connectivity index (χ0v) is 9.21. The lowest BCUT2D eigenvalue weighted by molar-refractivity contribution is 0.773. The molecule has 1 aromatic rings. The molecule has 1 N–H and O–H groups in total. The molecule has 1 heterocycles. The molecule has 1 aliphatic carbocycles. The Morgan fingerprint density at radius 2 is 2.46 bits per heavy atom. The molecule has 2 atom stereocenters. The van der Waals surface area contributed by atoms with Gasteiger partial charge < -0.3 is 5.32 Å². The molecule has 1 fully saturated rings. The predicted octanol–water partition coefficient (Wildman–Crippen LogP) is 3.05. The number of nitrogens with zero attached hydrogens (tertiary/aromatic N) is 1. The van der Waals surface area contributed by atoms with E-state index in [-0.39, 0.29) is 0 Å². The number of halogens is 1. The van der Waals surface area contributed by atoms with Gasteiger partial charge in [0.2, 0.25) is 0 Å². The molecule has 2 unspecified atom stereocenters. The number of pyridine rings is 1. The average molecular weight is 241 g/mol. The summed E-state index contributed by atoms with van der Waals surface area (Å²) in [5.74, 6) is 1.84. The highest BCUT2D eigenvalue weighted by Gasteiger charge is 2.35. The highest BCUT2D eigenvalue weighted by Crippen LogP contribution is 2.35. The molecule has 0 amide bonds. The molecule has 0 spiro atoms. The second kappa shape index (κ2) is 3.66. The maximum atomic E-state index is 4.33. The summed E-state index contributed by atoms with van der Waals surface area (Å²) in [6.07, 6.45) is 2.57. The third kappa shape index (κ3) is 2.21. The van der Waals surface area contributed by atoms with Crippen molar-refractivity contribution in [2.45, 2.75) is 25.8 Å². The Hall–Kier alpha value is -0.570. The molecule has 2 nitrogen and oxygen atoms in total. The standard InChI is InChI=1S/C10H13BrN2/c1-2-7-6-8(7)12-10-5-3-4-9(11)13-10/h3-5,7-8H,2,6H2,1H3,(H,12,13). The molecule has 2 rings (SSSR count). The van der Waals surface area contributed by atoms with Gasteiger partial charge in [-0.1, -0.05) is 19.4 Å². The third-order valence-corrected chi connectivity index (χ3v) is 2.94. The van der Waals surface area contributed by atoms with Crippen LogP contribution in [0.2, 0.25) is 0 Å². The lowest BCUT2D eigenvalue weighted by atomic mass is 10.3. The summed E-state index contributed by atoms with van der Waals surface area (Å²) in [6, 6.07) is 6.61. The van der Waals surface area contributed by atoms with Crippen LogP contribution in [-0.4, -0.2) is 11.0 Å². The summed E-state index contributed by atoms with van der Waals surface area (Å²) in [5, 5.41) is 3.42. The Morgan fingerprint density at radius 3 is 3.08 bits per heavy atom. The highest BCUT2D eigenvalue weighted by atomic mass is 79.9. The molecular weight excluding hydrogens is 228 g/mol. The Kier molecular flexibility index (Phi) is 2.54. The summed E-state index contributed by atoms with van der Waals surface area (Å²) in [6.45, 7) is 2.24. The summed E-state index contributed by atoms with van der Waals surface area (Å²) in [5.41, 5.74) is 0. The van der Waals surface area contributed by atoms with E-state index >= 15 is 0 Å². The van der Waals surface area contributed by atoms with Crippen LogP contribution in [0.4, 0.5) is 5.82 Å². The first-order valence-corrected chi connectivity index (χ1v) is 5.48. The third-order valence-electron chi connectivity index (χ3n) is 2.50. The Labute approximate surface area is 86.9 Å². The number of hydrogen-bond donors (Lipinski definition) is 1. The lowest BCUT2D eigenvalue weighted by Crippen LogP contribution is -2.05. The number of rotatable bonds is 3. The smallest absolute Gasteiger partial charge is 0.127 e. The molecule has 0 aromatic carbocycles. The van der Waals surface area contributed by atoms with E-state index in [4.69, 9.17) is 0 Å². The van der Waals surface area contributed by atoms with E-state index in [1.165, 1.54) is 12.8 Å². The molecule has 0 saturated heterocycles. The van der Waals surface area contributed by atoms with Gasteiger partial charge in [-0.05, 0) is 40.4 Å². The van der Waals surface area contributed by atoms with Crippen LogP contribution < -0.4 is 5.32 Å². The largest absolute Gasteiger partial charge is 0.367 e. The van der Waals surface area contributed by atoms with Gasteiger partial charge in [-0.2, -0.15) is 0 Å². The fraction of sp³-hybridized carbons (Fsp3) is 0.500. The van der Waals surface area contributed by atoms with E-state index in [1.54, 1.807) is 0 Å². The van der Waals surface area contributed by atoms with E-state index in [9.17, 15) is 0 Å². The topological polar surface area (TPSA) is 24.9 Å². The van der Waals surface area contributed by atoms with Crippen LogP contribution in [0.25, 0.3) is 0 Å². The van der Waals surface area contributed by atoms with Crippen molar-refractivity contribution >= 4 is 21.7 Å². The van der Waals surface area contributed by atoms with Gasteiger partial charge in [0.05, 0.1) is 0 Å². The molecule has 0 bridgehead atoms. The monoisotopic (exact) mass is 240 g/mol. The van der Waals surface area contributed by atoms with Crippen LogP contribution in [-0.2, 0) is 0 Å². The fourth-order valence-electron chi connectivity index (χ4n) is 1.55. The maximum Gasteiger partial charge on any atom is 0.127 e. The average Bonchev–Trinajstić information content (AvgIpc) is 2.83. The zero-order chi connectivity index (χ0) is 9.26. The minimum absolute atomic E-state index is 0.659. The Bertz CT molecular complexity index is 301. The van der Waals surface area contributed by atoms with Crippen LogP contribution in [0.3, 0.4) is 0 Å². The summed E-state index contributed by atoms with van der Waals surface area (Å²) in [7, 11) is 0. The number of anilines is 1. The minimum Gasteiger partial charge on any atom is -0.367 e. The van der Waals surface area contributed by atoms with Gasteiger partial charge in [-0.15, -0.1) is 0 Å². The zero-order valence-electron chi connectivity index (χ0n) is 7.63. The first-order chi connectivity index (χ1) is 6.29. The van der Waals surface area contributed by atoms with Gasteiger partial charge in [0.15, 0.2) is 0 Å². The summed E-state index contributed by atoms with van der Waals surface area (Å²) < 4.78 is 0.895. The lowest BCUT2D eigenvalue weighted by Gasteiger charge is -2.03. The first kappa shape index (κ1) is 9.00. The van der Waals surface area contributed by atoms with Crippen LogP contribution in [0.15, 0.2) is 22.8 Å². The van der Waals surface area contributed by atoms with Gasteiger partial charge >= 0.3 is 0 Å². The summed E-state index contributed by atoms with van der Waals surface area (Å²) >= 11 is 3.35. The van der Waals surface area contributed by atoms with Crippen molar-refractivity contribution in [3.05, 3.63) is 22.8 Å². The molecule has 1 saturated carbocycles. The van der Waals surface area contributed by atoms with Gasteiger partial charge in [0.25, 0.3) is 0 Å². The molecule has 70 valence electrons. The normalized spacial score (nSPS) is 25.7. The van der Waals surface area contributed by atoms with Gasteiger partial charge in [-0.3, -0.25) is 0 Å². The second-order valence-electron chi connectivity index (χ2n) is 3.50. The first-order valence-electron chi connectivity index (χ1n) is 4.68. The number of nitrogens with one attached hydrogen (secondary N) is 1. The van der Waals surface area contributed by atoms with Crippen LogP contribution in [0.1, 0.15) is 19.8 Å². The SMILES string of the molecule is CCC1CC1Nc1cccc(Br)n1. The van der Waals surface area contributed by atoms with Gasteiger partial charge in [0, 0.05) is 6.04 Å². The number of aromatic nitrogens is 1. The summed E-state index contributed by atoms with van der Waals surface area (Å²) in [4.78, 5) is 4.33. The van der Waals surface area contributed by atoms with E-state index in [2.05, 4.69) is 33.2 Å². The fourth-order valence-corrected chi connectivity index (χ4v) is 1.90. The van der Waals surface area contributed by atoms with Crippen molar-refractivity contribution in [2.75, 3.05) is 5.32 Å². The molecule has 3 heteroatoms. The van der Waals surface area contributed by atoms with Crippen molar-refractivity contribution in [3.8, 4) is 0 Å². The van der Waals surface area contributed by atoms with E-state index in [1.807, 2.05) is 18.2 Å². The van der Waals surface area contributed by atoms with E-state index in [0.29, 0.717) is 6.04 Å². The highest BCUT2D eigenvalue weighted by molar-refractivity contribution is 9.10. The molecule has 1 aliphatic rings. The van der Waals surface area contributed by atoms with Crippen molar-refractivity contribution in [1.82, 2.24) is 4.98 Å². The van der Waals surface area contributed by atoms with Crippen LogP contribution in [0.5, 0.6) is 0 Å². The molecule has 0 radical (unpaired) electrons. The molecular formula is C10H13BrN2. The molecule has 0 aliphatic heterocycles. The van der Waals surface area contributed by atoms with Crippen molar-refractivity contribution in [2.24, 2.45) is 5.92 Å². The molecule has 13 heavy (non-hydrogen) atoms. The van der Waals surface area contributed by atoms with Gasteiger partial charge in [0.1, 0.15) is 10.4 Å². The predicted molar refractivity (Wildman–Crippen MR) is 57.7 cm³/mol. The van der Waals surface area contributed by atoms with Crippen molar-refractivity contribution < 1.29 is 0 Å². The Balaban J connectivity index is 1.95. The van der Waals surface area contributed by atoms with E-state index < -0.39 is 0 Å². The Morgan fingerprint density at radius 1 is 1.62 bits per heavy atom. The van der Waals surface area contributed by atoms with Gasteiger partial charge in [-0.25, -0.2) is 4.98 Å². The van der Waals surface area contributed by atoms with E-state index in [0.717, 1.165) is 16.3 Å². The maximum absolute atomic E-state index is 4.33. The van der Waals surface area contributed by atoms with Crippen LogP contribution in [0, 0.1) is 5.92 Å². The molecule has 1 aromatic heterocycles. The minimum atomic E-state index is 0.659. The van der Waals surface area contributed by atoms with Crippen LogP contribution >= 0.6 is 15.9 Å². The van der Waals surface area contributed by atoms with Crippen molar-refractivity contribution in [1.29, 1.82) is 0 Å². The van der Waals surface area contributed by atoms with Crippen molar-refractivity contribution in [3.63, 3.8) is 0 Å². The second-order valence-corrected chi connectivity index (χ2v) is 4.31. The quantitative estimate of drug-likeness (QED) is 0.822. The number of hydrogen-bond acceptors (Lipinski definition) is 2.